The smallest absolute Gasteiger partial charge is 0.318 e. The van der Waals surface area contributed by atoms with Crippen molar-refractivity contribution in [2.75, 3.05) is 56.2 Å². The summed E-state index contributed by atoms with van der Waals surface area (Å²) in [5.41, 5.74) is 2.91. The van der Waals surface area contributed by atoms with Gasteiger partial charge in [-0.3, -0.25) is 4.79 Å². The topological polar surface area (TPSA) is 88.8 Å². The molecule has 2 saturated heterocycles. The minimum absolute atomic E-state index is 0.161. The molecule has 0 spiro atoms. The summed E-state index contributed by atoms with van der Waals surface area (Å²) in [6.07, 6.45) is 4.47. The molecule has 10 heteroatoms. The van der Waals surface area contributed by atoms with Crippen molar-refractivity contribution in [3.05, 3.63) is 66.1 Å². The molecule has 0 saturated carbocycles. The van der Waals surface area contributed by atoms with Gasteiger partial charge in [-0.2, -0.15) is 15.2 Å². The molecule has 2 fully saturated rings. The van der Waals surface area contributed by atoms with Crippen molar-refractivity contribution in [2.24, 2.45) is 0 Å². The van der Waals surface area contributed by atoms with Crippen LogP contribution in [-0.4, -0.2) is 84.1 Å². The summed E-state index contributed by atoms with van der Waals surface area (Å²) in [7, 11) is 2.12. The molecule has 1 aromatic heterocycles. The number of anilines is 2. The lowest BCUT2D eigenvalue weighted by Gasteiger charge is -2.42. The number of benzene rings is 2. The summed E-state index contributed by atoms with van der Waals surface area (Å²) >= 11 is 0. The van der Waals surface area contributed by atoms with Gasteiger partial charge in [0.15, 0.2) is 0 Å². The summed E-state index contributed by atoms with van der Waals surface area (Å²) < 4.78 is 20.8. The quantitative estimate of drug-likeness (QED) is 0.396. The summed E-state index contributed by atoms with van der Waals surface area (Å²) in [5, 5.41) is 11.0. The number of carbonyl (C=O) groups excluding carboxylic acids is 1. The van der Waals surface area contributed by atoms with Crippen LogP contribution in [0.15, 0.2) is 49.1 Å². The first-order valence-electron chi connectivity index (χ1n) is 14.7. The van der Waals surface area contributed by atoms with Gasteiger partial charge in [0.2, 0.25) is 5.91 Å². The molecule has 2 atom stereocenters. The minimum Gasteiger partial charge on any atom is -0.462 e. The summed E-state index contributed by atoms with van der Waals surface area (Å²) in [6, 6.07) is 13.6. The highest BCUT2D eigenvalue weighted by molar-refractivity contribution is 5.94. The van der Waals surface area contributed by atoms with Crippen LogP contribution in [0.25, 0.3) is 10.8 Å². The van der Waals surface area contributed by atoms with Crippen molar-refractivity contribution in [1.82, 2.24) is 19.8 Å². The van der Waals surface area contributed by atoms with E-state index >= 15 is 0 Å². The predicted molar refractivity (Wildman–Crippen MR) is 160 cm³/mol. The Morgan fingerprint density at radius 3 is 2.71 bits per heavy atom. The predicted octanol–water partition coefficient (Wildman–Crippen LogP) is 3.92. The number of nitriles is 1. The van der Waals surface area contributed by atoms with Crippen LogP contribution in [0.2, 0.25) is 0 Å². The van der Waals surface area contributed by atoms with E-state index in [0.29, 0.717) is 56.6 Å². The van der Waals surface area contributed by atoms with Gasteiger partial charge in [0, 0.05) is 54.2 Å². The second kappa shape index (κ2) is 11.9. The molecule has 0 radical (unpaired) electrons. The van der Waals surface area contributed by atoms with Crippen LogP contribution in [0.3, 0.4) is 0 Å². The molecule has 0 aliphatic carbocycles. The van der Waals surface area contributed by atoms with Crippen molar-refractivity contribution in [1.29, 1.82) is 5.26 Å². The fourth-order valence-electron chi connectivity index (χ4n) is 6.54. The van der Waals surface area contributed by atoms with Crippen LogP contribution >= 0.6 is 0 Å². The number of ether oxygens (including phenoxy) is 1. The third-order valence-electron chi connectivity index (χ3n) is 8.85. The molecule has 6 rings (SSSR count). The monoisotopic (exact) mass is 569 g/mol. The number of aromatic nitrogens is 2. The van der Waals surface area contributed by atoms with Crippen molar-refractivity contribution in [3.8, 4) is 12.1 Å². The van der Waals surface area contributed by atoms with E-state index in [2.05, 4.69) is 34.4 Å². The summed E-state index contributed by atoms with van der Waals surface area (Å²) in [5.74, 6) is 0.420. The van der Waals surface area contributed by atoms with Gasteiger partial charge in [0.1, 0.15) is 18.2 Å². The van der Waals surface area contributed by atoms with E-state index in [0.717, 1.165) is 54.1 Å². The molecule has 42 heavy (non-hydrogen) atoms. The zero-order valence-electron chi connectivity index (χ0n) is 24.0. The number of likely N-dealkylation sites (N-methyl/N-ethyl adjacent to an activating group) is 1. The molecule has 3 aliphatic rings. The molecule has 4 heterocycles. The Morgan fingerprint density at radius 1 is 1.12 bits per heavy atom. The van der Waals surface area contributed by atoms with E-state index in [1.165, 1.54) is 12.1 Å². The highest BCUT2D eigenvalue weighted by Gasteiger charge is 2.33. The maximum Gasteiger partial charge on any atom is 0.318 e. The van der Waals surface area contributed by atoms with Gasteiger partial charge in [-0.1, -0.05) is 30.8 Å². The average molecular weight is 570 g/mol. The van der Waals surface area contributed by atoms with Crippen molar-refractivity contribution in [3.63, 3.8) is 0 Å². The van der Waals surface area contributed by atoms with Gasteiger partial charge < -0.3 is 24.3 Å². The van der Waals surface area contributed by atoms with Gasteiger partial charge in [0.05, 0.1) is 30.8 Å². The molecule has 3 aliphatic heterocycles. The fraction of sp³-hybridized carbons (Fsp3) is 0.438. The van der Waals surface area contributed by atoms with Gasteiger partial charge in [-0.15, -0.1) is 0 Å². The maximum absolute atomic E-state index is 14.6. The Morgan fingerprint density at radius 2 is 1.95 bits per heavy atom. The maximum atomic E-state index is 14.6. The van der Waals surface area contributed by atoms with Crippen molar-refractivity contribution in [2.45, 2.75) is 44.3 Å². The van der Waals surface area contributed by atoms with Gasteiger partial charge >= 0.3 is 6.01 Å². The lowest BCUT2D eigenvalue weighted by molar-refractivity contribution is -0.128. The number of nitrogens with zero attached hydrogens (tertiary/aromatic N) is 7. The standard InChI is InChI=1S/C32H36FN7O2/c1-3-30(41)40-18-17-39(19-22(40)12-14-34)31-26-13-16-38(29-11-10-27(33)24-8-4-5-9-25(24)29)20-28(26)35-32(36-31)42-21-23-7-6-15-37(23)2/h3-5,8-11,22-23H,1,6-7,12-13,15-21H2,2H3/t22-,23-/m0/s1. The molecule has 0 unspecified atom stereocenters. The van der Waals surface area contributed by atoms with Gasteiger partial charge in [-0.05, 0) is 51.1 Å². The van der Waals surface area contributed by atoms with E-state index in [4.69, 9.17) is 14.7 Å². The first-order chi connectivity index (χ1) is 20.5. The fourth-order valence-corrected chi connectivity index (χ4v) is 6.54. The van der Waals surface area contributed by atoms with E-state index < -0.39 is 0 Å². The number of halogens is 1. The molecule has 0 N–H and O–H groups in total. The Balaban J connectivity index is 1.33. The highest BCUT2D eigenvalue weighted by Crippen LogP contribution is 2.35. The lowest BCUT2D eigenvalue weighted by atomic mass is 10.0. The molecule has 2 aromatic carbocycles. The van der Waals surface area contributed by atoms with E-state index in [1.54, 1.807) is 4.90 Å². The third kappa shape index (κ3) is 5.37. The zero-order valence-corrected chi connectivity index (χ0v) is 24.0. The molecular formula is C32H36FN7O2. The van der Waals surface area contributed by atoms with Crippen LogP contribution in [0.4, 0.5) is 15.9 Å². The number of likely N-dealkylation sites (tertiary alicyclic amines) is 1. The first-order valence-corrected chi connectivity index (χ1v) is 14.7. The Kier molecular flexibility index (Phi) is 7.94. The number of rotatable bonds is 7. The number of hydrogen-bond donors (Lipinski definition) is 0. The molecule has 218 valence electrons. The van der Waals surface area contributed by atoms with Crippen molar-refractivity contribution < 1.29 is 13.9 Å². The molecule has 1 amide bonds. The second-order valence-electron chi connectivity index (χ2n) is 11.3. The number of carbonyl (C=O) groups is 1. The van der Waals surface area contributed by atoms with Crippen LogP contribution < -0.4 is 14.5 Å². The normalized spacial score (nSPS) is 20.8. The summed E-state index contributed by atoms with van der Waals surface area (Å²) in [6.45, 7) is 8.03. The number of fused-ring (bicyclic) bond motifs is 2. The van der Waals surface area contributed by atoms with E-state index in [-0.39, 0.29) is 24.2 Å². The minimum atomic E-state index is -0.262. The SMILES string of the molecule is C=CC(=O)N1CCN(c2nc(OC[C@@H]3CCCN3C)nc3c2CCN(c2ccc(F)c4ccccc24)C3)C[C@@H]1CC#N. The lowest BCUT2D eigenvalue weighted by Crippen LogP contribution is -2.55. The number of amides is 1. The summed E-state index contributed by atoms with van der Waals surface area (Å²) in [4.78, 5) is 30.8. The highest BCUT2D eigenvalue weighted by atomic mass is 19.1. The first kappa shape index (κ1) is 27.9. The number of hydrogen-bond acceptors (Lipinski definition) is 8. The second-order valence-corrected chi connectivity index (χ2v) is 11.3. The zero-order chi connectivity index (χ0) is 29.2. The molecular weight excluding hydrogens is 533 g/mol. The van der Waals surface area contributed by atoms with Crippen LogP contribution in [0.1, 0.15) is 30.5 Å². The van der Waals surface area contributed by atoms with Gasteiger partial charge in [-0.25, -0.2) is 4.39 Å². The van der Waals surface area contributed by atoms with E-state index in [1.807, 2.05) is 30.3 Å². The Hall–Kier alpha value is -4.23. The average Bonchev–Trinajstić information content (AvgIpc) is 3.43. The third-order valence-corrected chi connectivity index (χ3v) is 8.85. The van der Waals surface area contributed by atoms with Crippen LogP contribution in [0, 0.1) is 17.1 Å². The van der Waals surface area contributed by atoms with Crippen LogP contribution in [0.5, 0.6) is 6.01 Å². The number of piperazine rings is 1. The van der Waals surface area contributed by atoms with E-state index in [9.17, 15) is 14.4 Å². The van der Waals surface area contributed by atoms with Crippen LogP contribution in [-0.2, 0) is 17.8 Å². The van der Waals surface area contributed by atoms with Gasteiger partial charge in [0.25, 0.3) is 0 Å². The molecule has 0 bridgehead atoms. The molecule has 3 aromatic rings. The molecule has 9 nitrogen and oxygen atoms in total. The largest absolute Gasteiger partial charge is 0.462 e. The Bertz CT molecular complexity index is 1540. The van der Waals surface area contributed by atoms with Crippen molar-refractivity contribution >= 4 is 28.2 Å². The Labute approximate surface area is 245 Å².